The monoisotopic (exact) mass is 678 g/mol. The van der Waals surface area contributed by atoms with Gasteiger partial charge in [-0.15, -0.1) is 0 Å². The number of unbranched alkanes of at least 4 members (excludes halogenated alkanes) is 18. The number of ether oxygens (including phenoxy) is 1. The SMILES string of the molecule is CCCCCCCCC(CCCCCCCC)CCCCCCCN(CCO)CCCCCCCC(=O)OCCC1CCC(CC)CC1. The van der Waals surface area contributed by atoms with Crippen molar-refractivity contribution < 1.29 is 14.6 Å². The zero-order valence-electron chi connectivity index (χ0n) is 33.1. The van der Waals surface area contributed by atoms with E-state index in [9.17, 15) is 9.90 Å². The van der Waals surface area contributed by atoms with E-state index in [2.05, 4.69) is 25.7 Å². The lowest BCUT2D eigenvalue weighted by Crippen LogP contribution is -2.29. The molecule has 0 saturated heterocycles. The fourth-order valence-corrected chi connectivity index (χ4v) is 8.11. The Bertz CT molecular complexity index is 646. The van der Waals surface area contributed by atoms with Crippen LogP contribution in [0, 0.1) is 17.8 Å². The van der Waals surface area contributed by atoms with Crippen LogP contribution in [0.3, 0.4) is 0 Å². The third-order valence-electron chi connectivity index (χ3n) is 11.6. The van der Waals surface area contributed by atoms with Crippen LogP contribution in [0.15, 0.2) is 0 Å². The third kappa shape index (κ3) is 28.1. The topological polar surface area (TPSA) is 49.8 Å². The van der Waals surface area contributed by atoms with Crippen LogP contribution in [0.1, 0.15) is 226 Å². The number of nitrogens with zero attached hydrogens (tertiary/aromatic N) is 1. The molecule has 0 amide bonds. The molecule has 0 aromatic carbocycles. The van der Waals surface area contributed by atoms with E-state index in [0.29, 0.717) is 13.0 Å². The molecule has 1 aliphatic carbocycles. The highest BCUT2D eigenvalue weighted by Crippen LogP contribution is 2.32. The van der Waals surface area contributed by atoms with E-state index >= 15 is 0 Å². The van der Waals surface area contributed by atoms with Gasteiger partial charge in [-0.1, -0.05) is 194 Å². The van der Waals surface area contributed by atoms with Gasteiger partial charge in [0.25, 0.3) is 0 Å². The molecule has 1 aliphatic rings. The van der Waals surface area contributed by atoms with Crippen molar-refractivity contribution in [3.63, 3.8) is 0 Å². The van der Waals surface area contributed by atoms with Gasteiger partial charge in [0.15, 0.2) is 0 Å². The van der Waals surface area contributed by atoms with Gasteiger partial charge in [0, 0.05) is 13.0 Å². The Kier molecular flexibility index (Phi) is 32.9. The number of aliphatic hydroxyl groups excluding tert-OH is 1. The summed E-state index contributed by atoms with van der Waals surface area (Å²) in [5.41, 5.74) is 0. The molecule has 4 heteroatoms. The summed E-state index contributed by atoms with van der Waals surface area (Å²) in [4.78, 5) is 14.6. The number of carbonyl (C=O) groups excluding carboxylic acids is 1. The van der Waals surface area contributed by atoms with Crippen molar-refractivity contribution in [2.45, 2.75) is 226 Å². The highest BCUT2D eigenvalue weighted by molar-refractivity contribution is 5.69. The predicted molar refractivity (Wildman–Crippen MR) is 210 cm³/mol. The first kappa shape index (κ1) is 45.4. The van der Waals surface area contributed by atoms with Crippen LogP contribution in [-0.2, 0) is 9.53 Å². The Morgan fingerprint density at radius 3 is 1.50 bits per heavy atom. The van der Waals surface area contributed by atoms with Gasteiger partial charge >= 0.3 is 5.97 Å². The first-order valence-electron chi connectivity index (χ1n) is 22.1. The number of hydrogen-bond acceptors (Lipinski definition) is 4. The van der Waals surface area contributed by atoms with Crippen molar-refractivity contribution in [2.24, 2.45) is 17.8 Å². The summed E-state index contributed by atoms with van der Waals surface area (Å²) in [7, 11) is 0. The smallest absolute Gasteiger partial charge is 0.305 e. The molecule has 1 rings (SSSR count). The third-order valence-corrected chi connectivity index (χ3v) is 11.6. The normalized spacial score (nSPS) is 16.7. The van der Waals surface area contributed by atoms with E-state index < -0.39 is 0 Å². The zero-order chi connectivity index (χ0) is 34.8. The van der Waals surface area contributed by atoms with Crippen LogP contribution in [0.2, 0.25) is 0 Å². The van der Waals surface area contributed by atoms with Crippen LogP contribution < -0.4 is 0 Å². The summed E-state index contributed by atoms with van der Waals surface area (Å²) in [6, 6.07) is 0. The maximum Gasteiger partial charge on any atom is 0.305 e. The van der Waals surface area contributed by atoms with Crippen molar-refractivity contribution in [3.05, 3.63) is 0 Å². The largest absolute Gasteiger partial charge is 0.466 e. The average molecular weight is 678 g/mol. The van der Waals surface area contributed by atoms with Crippen molar-refractivity contribution in [2.75, 3.05) is 32.8 Å². The van der Waals surface area contributed by atoms with Crippen molar-refractivity contribution in [1.29, 1.82) is 0 Å². The molecule has 0 radical (unpaired) electrons. The van der Waals surface area contributed by atoms with E-state index in [1.165, 1.54) is 180 Å². The highest BCUT2D eigenvalue weighted by Gasteiger charge is 2.20. The van der Waals surface area contributed by atoms with Crippen molar-refractivity contribution >= 4 is 5.97 Å². The molecular formula is C44H87NO3. The van der Waals surface area contributed by atoms with E-state index in [1.54, 1.807) is 0 Å². The number of aliphatic hydroxyl groups is 1. The standard InChI is InChI=1S/C44H87NO3/c1-4-7-9-11-15-21-27-42(28-22-16-12-10-8-5-2)29-23-17-13-19-25-36-45(38-39-46)37-26-20-14-18-24-30-44(47)48-40-35-43-33-31-41(6-3)32-34-43/h41-43,46H,4-40H2,1-3H3. The van der Waals surface area contributed by atoms with E-state index in [1.807, 2.05) is 0 Å². The molecule has 1 N–H and O–H groups in total. The van der Waals surface area contributed by atoms with Gasteiger partial charge in [0.2, 0.25) is 0 Å². The van der Waals surface area contributed by atoms with Crippen molar-refractivity contribution in [3.8, 4) is 0 Å². The molecule has 1 saturated carbocycles. The maximum atomic E-state index is 12.1. The summed E-state index contributed by atoms with van der Waals surface area (Å²) >= 11 is 0. The quantitative estimate of drug-likeness (QED) is 0.0530. The van der Waals surface area contributed by atoms with Crippen LogP contribution in [0.5, 0.6) is 0 Å². The fraction of sp³-hybridized carbons (Fsp3) is 0.977. The molecule has 0 bridgehead atoms. The lowest BCUT2D eigenvalue weighted by molar-refractivity contribution is -0.144. The average Bonchev–Trinajstić information content (AvgIpc) is 3.10. The second kappa shape index (κ2) is 34.8. The Balaban J connectivity index is 2.06. The van der Waals surface area contributed by atoms with Crippen LogP contribution in [-0.4, -0.2) is 48.8 Å². The van der Waals surface area contributed by atoms with Gasteiger partial charge in [-0.05, 0) is 56.5 Å². The number of rotatable bonds is 36. The lowest BCUT2D eigenvalue weighted by atomic mass is 9.80. The Morgan fingerprint density at radius 2 is 1.02 bits per heavy atom. The second-order valence-electron chi connectivity index (χ2n) is 15.9. The summed E-state index contributed by atoms with van der Waals surface area (Å²) in [5.74, 6) is 2.69. The molecule has 1 fully saturated rings. The van der Waals surface area contributed by atoms with E-state index in [0.717, 1.165) is 56.7 Å². The molecule has 0 aromatic heterocycles. The van der Waals surface area contributed by atoms with Gasteiger partial charge in [-0.2, -0.15) is 0 Å². The summed E-state index contributed by atoms with van der Waals surface area (Å²) in [5, 5.41) is 9.59. The molecule has 0 aliphatic heterocycles. The minimum absolute atomic E-state index is 0.00696. The molecule has 0 heterocycles. The zero-order valence-corrected chi connectivity index (χ0v) is 33.1. The number of hydrogen-bond donors (Lipinski definition) is 1. The number of carbonyl (C=O) groups is 1. The molecule has 286 valence electrons. The Hall–Kier alpha value is -0.610. The molecule has 0 unspecified atom stereocenters. The molecule has 0 aromatic rings. The lowest BCUT2D eigenvalue weighted by Gasteiger charge is -2.27. The molecule has 4 nitrogen and oxygen atoms in total. The summed E-state index contributed by atoms with van der Waals surface area (Å²) < 4.78 is 5.55. The van der Waals surface area contributed by atoms with Gasteiger partial charge < -0.3 is 14.7 Å². The molecule has 48 heavy (non-hydrogen) atoms. The van der Waals surface area contributed by atoms with Gasteiger partial charge in [-0.3, -0.25) is 4.79 Å². The maximum absolute atomic E-state index is 12.1. The molecule has 0 spiro atoms. The Labute approximate surface area is 301 Å². The first-order chi connectivity index (χ1) is 23.6. The minimum Gasteiger partial charge on any atom is -0.466 e. The summed E-state index contributed by atoms with van der Waals surface area (Å²) in [6.45, 7) is 10.9. The van der Waals surface area contributed by atoms with Gasteiger partial charge in [0.05, 0.1) is 13.2 Å². The van der Waals surface area contributed by atoms with Gasteiger partial charge in [0.1, 0.15) is 0 Å². The molecular weight excluding hydrogens is 590 g/mol. The summed E-state index contributed by atoms with van der Waals surface area (Å²) in [6.07, 6.45) is 42.4. The van der Waals surface area contributed by atoms with Crippen LogP contribution >= 0.6 is 0 Å². The number of esters is 1. The Morgan fingerprint density at radius 1 is 0.583 bits per heavy atom. The van der Waals surface area contributed by atoms with Crippen LogP contribution in [0.4, 0.5) is 0 Å². The predicted octanol–water partition coefficient (Wildman–Crippen LogP) is 13.2. The second-order valence-corrected chi connectivity index (χ2v) is 15.9. The van der Waals surface area contributed by atoms with E-state index in [4.69, 9.17) is 4.74 Å². The van der Waals surface area contributed by atoms with Gasteiger partial charge in [-0.25, -0.2) is 0 Å². The highest BCUT2D eigenvalue weighted by atomic mass is 16.5. The van der Waals surface area contributed by atoms with Crippen LogP contribution in [0.25, 0.3) is 0 Å². The van der Waals surface area contributed by atoms with Crippen molar-refractivity contribution in [1.82, 2.24) is 4.90 Å². The minimum atomic E-state index is 0.00696. The first-order valence-corrected chi connectivity index (χ1v) is 22.1. The molecule has 0 atom stereocenters. The fourth-order valence-electron chi connectivity index (χ4n) is 8.11. The van der Waals surface area contributed by atoms with E-state index in [-0.39, 0.29) is 12.6 Å².